The van der Waals surface area contributed by atoms with Gasteiger partial charge in [-0.15, -0.1) is 0 Å². The molecule has 0 aliphatic rings. The van der Waals surface area contributed by atoms with Crippen LogP contribution in [0.4, 0.5) is 0 Å². The van der Waals surface area contributed by atoms with Crippen LogP contribution >= 0.6 is 15.9 Å². The number of halogens is 1. The molecule has 2 nitrogen and oxygen atoms in total. The van der Waals surface area contributed by atoms with Crippen LogP contribution in [0, 0.1) is 0 Å². The summed E-state index contributed by atoms with van der Waals surface area (Å²) in [5, 5.41) is 9.74. The van der Waals surface area contributed by atoms with Crippen molar-refractivity contribution in [2.24, 2.45) is 0 Å². The van der Waals surface area contributed by atoms with E-state index in [1.165, 1.54) is 5.56 Å². The standard InChI is InChI=1S/C16H17BrO2/c1-12(18)15-11-14(17)7-8-16(15)19-10-9-13-5-3-2-4-6-13/h2-8,11-12,18H,9-10H2,1H3/t12-/m0/s1. The van der Waals surface area contributed by atoms with Crippen molar-refractivity contribution in [2.45, 2.75) is 19.4 Å². The molecule has 0 bridgehead atoms. The lowest BCUT2D eigenvalue weighted by atomic mass is 10.1. The van der Waals surface area contributed by atoms with Crippen molar-refractivity contribution in [1.29, 1.82) is 0 Å². The maximum atomic E-state index is 9.74. The molecule has 0 fully saturated rings. The Morgan fingerprint density at radius 2 is 1.89 bits per heavy atom. The van der Waals surface area contributed by atoms with E-state index in [4.69, 9.17) is 4.74 Å². The Kier molecular flexibility index (Phi) is 5.00. The maximum absolute atomic E-state index is 9.74. The third-order valence-corrected chi connectivity index (χ3v) is 3.41. The van der Waals surface area contributed by atoms with E-state index in [1.807, 2.05) is 36.4 Å². The zero-order valence-corrected chi connectivity index (χ0v) is 12.4. The summed E-state index contributed by atoms with van der Waals surface area (Å²) in [6.07, 6.45) is 0.320. The summed E-state index contributed by atoms with van der Waals surface area (Å²) < 4.78 is 6.72. The highest BCUT2D eigenvalue weighted by atomic mass is 79.9. The van der Waals surface area contributed by atoms with Gasteiger partial charge in [-0.2, -0.15) is 0 Å². The second kappa shape index (κ2) is 6.73. The van der Waals surface area contributed by atoms with Crippen LogP contribution in [-0.2, 0) is 6.42 Å². The molecule has 1 N–H and O–H groups in total. The number of hydrogen-bond donors (Lipinski definition) is 1. The lowest BCUT2D eigenvalue weighted by molar-refractivity contribution is 0.191. The van der Waals surface area contributed by atoms with E-state index < -0.39 is 6.10 Å². The van der Waals surface area contributed by atoms with Gasteiger partial charge >= 0.3 is 0 Å². The third-order valence-electron chi connectivity index (χ3n) is 2.91. The van der Waals surface area contributed by atoms with Gasteiger partial charge in [0.25, 0.3) is 0 Å². The highest BCUT2D eigenvalue weighted by Gasteiger charge is 2.09. The minimum absolute atomic E-state index is 0.538. The van der Waals surface area contributed by atoms with Gasteiger partial charge in [0.15, 0.2) is 0 Å². The molecule has 3 heteroatoms. The normalized spacial score (nSPS) is 12.2. The number of rotatable bonds is 5. The molecule has 2 aromatic carbocycles. The number of benzene rings is 2. The predicted molar refractivity (Wildman–Crippen MR) is 80.4 cm³/mol. The summed E-state index contributed by atoms with van der Waals surface area (Å²) in [5.74, 6) is 0.745. The lowest BCUT2D eigenvalue weighted by Crippen LogP contribution is -2.04. The van der Waals surface area contributed by atoms with Crippen molar-refractivity contribution >= 4 is 15.9 Å². The van der Waals surface area contributed by atoms with Crippen LogP contribution in [0.1, 0.15) is 24.2 Å². The first-order chi connectivity index (χ1) is 9.16. The molecule has 2 aromatic rings. The average Bonchev–Trinajstić information content (AvgIpc) is 2.41. The summed E-state index contributed by atoms with van der Waals surface area (Å²) >= 11 is 3.40. The minimum Gasteiger partial charge on any atom is -0.493 e. The average molecular weight is 321 g/mol. The Balaban J connectivity index is 2.00. The fraction of sp³-hybridized carbons (Fsp3) is 0.250. The fourth-order valence-electron chi connectivity index (χ4n) is 1.90. The Bertz CT molecular complexity index is 524. The zero-order valence-electron chi connectivity index (χ0n) is 10.8. The second-order valence-electron chi connectivity index (χ2n) is 4.44. The van der Waals surface area contributed by atoms with Crippen LogP contribution in [-0.4, -0.2) is 11.7 Å². The fourth-order valence-corrected chi connectivity index (χ4v) is 2.28. The molecule has 0 aliphatic heterocycles. The number of hydrogen-bond acceptors (Lipinski definition) is 2. The maximum Gasteiger partial charge on any atom is 0.125 e. The molecule has 0 unspecified atom stereocenters. The van der Waals surface area contributed by atoms with Gasteiger partial charge < -0.3 is 9.84 Å². The van der Waals surface area contributed by atoms with Gasteiger partial charge in [0, 0.05) is 16.5 Å². The van der Waals surface area contributed by atoms with Gasteiger partial charge in [0.05, 0.1) is 12.7 Å². The summed E-state index contributed by atoms with van der Waals surface area (Å²) in [7, 11) is 0. The Labute approximate surface area is 122 Å². The van der Waals surface area contributed by atoms with E-state index in [0.717, 1.165) is 22.2 Å². The molecule has 2 rings (SSSR count). The van der Waals surface area contributed by atoms with Crippen LogP contribution in [0.2, 0.25) is 0 Å². The summed E-state index contributed by atoms with van der Waals surface area (Å²) in [5.41, 5.74) is 2.06. The summed E-state index contributed by atoms with van der Waals surface area (Å²) in [6, 6.07) is 15.9. The molecule has 0 amide bonds. The van der Waals surface area contributed by atoms with Gasteiger partial charge in [-0.25, -0.2) is 0 Å². The molecule has 19 heavy (non-hydrogen) atoms. The lowest BCUT2D eigenvalue weighted by Gasteiger charge is -2.14. The molecular weight excluding hydrogens is 304 g/mol. The van der Waals surface area contributed by atoms with Gasteiger partial charge in [0.2, 0.25) is 0 Å². The van der Waals surface area contributed by atoms with Crippen molar-refractivity contribution in [3.63, 3.8) is 0 Å². The van der Waals surface area contributed by atoms with Crippen molar-refractivity contribution in [3.05, 3.63) is 64.1 Å². The molecule has 1 atom stereocenters. The molecule has 0 aliphatic carbocycles. The smallest absolute Gasteiger partial charge is 0.125 e. The van der Waals surface area contributed by atoms with Gasteiger partial charge in [-0.3, -0.25) is 0 Å². The van der Waals surface area contributed by atoms with E-state index in [1.54, 1.807) is 6.92 Å². The van der Waals surface area contributed by atoms with Crippen molar-refractivity contribution in [2.75, 3.05) is 6.61 Å². The number of aliphatic hydroxyl groups is 1. The van der Waals surface area contributed by atoms with E-state index in [2.05, 4.69) is 28.1 Å². The van der Waals surface area contributed by atoms with Crippen LogP contribution < -0.4 is 4.74 Å². The van der Waals surface area contributed by atoms with E-state index in [9.17, 15) is 5.11 Å². The summed E-state index contributed by atoms with van der Waals surface area (Å²) in [4.78, 5) is 0. The molecule has 100 valence electrons. The predicted octanol–water partition coefficient (Wildman–Crippen LogP) is 4.12. The highest BCUT2D eigenvalue weighted by molar-refractivity contribution is 9.10. The summed E-state index contributed by atoms with van der Waals surface area (Å²) in [6.45, 7) is 2.34. The largest absolute Gasteiger partial charge is 0.493 e. The number of ether oxygens (including phenoxy) is 1. The first-order valence-corrected chi connectivity index (χ1v) is 7.10. The highest BCUT2D eigenvalue weighted by Crippen LogP contribution is 2.28. The van der Waals surface area contributed by atoms with Gasteiger partial charge in [-0.05, 0) is 30.7 Å². The molecule has 0 heterocycles. The van der Waals surface area contributed by atoms with Crippen LogP contribution in [0.3, 0.4) is 0 Å². The Hall–Kier alpha value is -1.32. The van der Waals surface area contributed by atoms with Crippen molar-refractivity contribution < 1.29 is 9.84 Å². The quantitative estimate of drug-likeness (QED) is 0.897. The SMILES string of the molecule is C[C@H](O)c1cc(Br)ccc1OCCc1ccccc1. The first kappa shape index (κ1) is 14.1. The van der Waals surface area contributed by atoms with Crippen molar-refractivity contribution in [3.8, 4) is 5.75 Å². The monoisotopic (exact) mass is 320 g/mol. The van der Waals surface area contributed by atoms with E-state index in [0.29, 0.717) is 6.61 Å². The van der Waals surface area contributed by atoms with Crippen LogP contribution in [0.15, 0.2) is 53.0 Å². The van der Waals surface area contributed by atoms with Gasteiger partial charge in [0.1, 0.15) is 5.75 Å². The van der Waals surface area contributed by atoms with Gasteiger partial charge in [-0.1, -0.05) is 46.3 Å². The molecule has 0 radical (unpaired) electrons. The molecule has 0 saturated heterocycles. The molecule has 0 aromatic heterocycles. The van der Waals surface area contributed by atoms with E-state index >= 15 is 0 Å². The minimum atomic E-state index is -0.538. The zero-order chi connectivity index (χ0) is 13.7. The molecule has 0 spiro atoms. The van der Waals surface area contributed by atoms with E-state index in [-0.39, 0.29) is 0 Å². The first-order valence-electron chi connectivity index (χ1n) is 6.31. The molecular formula is C16H17BrO2. The van der Waals surface area contributed by atoms with Crippen molar-refractivity contribution in [1.82, 2.24) is 0 Å². The van der Waals surface area contributed by atoms with Crippen LogP contribution in [0.5, 0.6) is 5.75 Å². The third kappa shape index (κ3) is 4.08. The topological polar surface area (TPSA) is 29.5 Å². The Morgan fingerprint density at radius 3 is 2.58 bits per heavy atom. The second-order valence-corrected chi connectivity index (χ2v) is 5.36. The molecule has 0 saturated carbocycles. The van der Waals surface area contributed by atoms with Crippen LogP contribution in [0.25, 0.3) is 0 Å². The Morgan fingerprint density at radius 1 is 1.16 bits per heavy atom. The number of aliphatic hydroxyl groups excluding tert-OH is 1.